The van der Waals surface area contributed by atoms with Gasteiger partial charge in [0.2, 0.25) is 0 Å². The molecule has 24 heavy (non-hydrogen) atoms. The number of carbonyl (C=O) groups is 1. The molecule has 0 spiro atoms. The molecule has 2 amide bonds. The second-order valence-corrected chi connectivity index (χ2v) is 6.88. The van der Waals surface area contributed by atoms with Crippen LogP contribution in [0.25, 0.3) is 0 Å². The number of amides is 2. The Morgan fingerprint density at radius 2 is 2.00 bits per heavy atom. The molecule has 0 bridgehead atoms. The molecule has 6 nitrogen and oxygen atoms in total. The van der Waals surface area contributed by atoms with Gasteiger partial charge in [-0.25, -0.2) is 4.79 Å². The molecule has 0 atom stereocenters. The van der Waals surface area contributed by atoms with Gasteiger partial charge in [0.25, 0.3) is 0 Å². The molecular weight excluding hydrogens is 322 g/mol. The molecule has 0 radical (unpaired) electrons. The molecule has 2 aromatic rings. The van der Waals surface area contributed by atoms with E-state index in [4.69, 9.17) is 0 Å². The summed E-state index contributed by atoms with van der Waals surface area (Å²) >= 11 is 2.01. The number of urea groups is 1. The fourth-order valence-electron chi connectivity index (χ4n) is 2.60. The van der Waals surface area contributed by atoms with Crippen molar-refractivity contribution in [2.24, 2.45) is 0 Å². The minimum Gasteiger partial charge on any atom is -0.370 e. The molecule has 0 saturated carbocycles. The third kappa shape index (κ3) is 4.44. The fourth-order valence-corrected chi connectivity index (χ4v) is 3.51. The number of anilines is 2. The Morgan fingerprint density at radius 1 is 1.25 bits per heavy atom. The molecule has 0 aliphatic carbocycles. The first-order chi connectivity index (χ1) is 11.7. The zero-order valence-electron chi connectivity index (χ0n) is 13.9. The summed E-state index contributed by atoms with van der Waals surface area (Å²) in [5, 5.41) is 9.78. The Morgan fingerprint density at radius 3 is 2.67 bits per heavy atom. The molecular formula is C17H23N5OS. The average Bonchev–Trinajstić information content (AvgIpc) is 3.09. The first-order valence-corrected chi connectivity index (χ1v) is 9.39. The van der Waals surface area contributed by atoms with Gasteiger partial charge in [-0.3, -0.25) is 4.68 Å². The lowest BCUT2D eigenvalue weighted by Crippen LogP contribution is -2.32. The summed E-state index contributed by atoms with van der Waals surface area (Å²) in [6.07, 6.45) is 3.46. The Labute approximate surface area is 146 Å². The van der Waals surface area contributed by atoms with Crippen molar-refractivity contribution in [1.82, 2.24) is 15.1 Å². The van der Waals surface area contributed by atoms with Crippen molar-refractivity contribution in [3.05, 3.63) is 42.2 Å². The number of aromatic nitrogens is 2. The van der Waals surface area contributed by atoms with Crippen LogP contribution in [0.5, 0.6) is 0 Å². The normalized spacial score (nSPS) is 14.5. The van der Waals surface area contributed by atoms with E-state index < -0.39 is 0 Å². The molecule has 3 rings (SSSR count). The summed E-state index contributed by atoms with van der Waals surface area (Å²) in [5.74, 6) is 2.39. The van der Waals surface area contributed by atoms with Crippen LogP contribution in [0.15, 0.2) is 36.7 Å². The minimum absolute atomic E-state index is 0.220. The van der Waals surface area contributed by atoms with Crippen molar-refractivity contribution in [3.8, 4) is 0 Å². The number of carbonyl (C=O) groups excluding carboxylic acids is 1. The monoisotopic (exact) mass is 345 g/mol. The van der Waals surface area contributed by atoms with Crippen LogP contribution in [-0.4, -0.2) is 40.4 Å². The van der Waals surface area contributed by atoms with Gasteiger partial charge >= 0.3 is 6.03 Å². The van der Waals surface area contributed by atoms with Crippen LogP contribution >= 0.6 is 11.8 Å². The van der Waals surface area contributed by atoms with Crippen molar-refractivity contribution >= 4 is 29.2 Å². The molecule has 0 unspecified atom stereocenters. The van der Waals surface area contributed by atoms with Gasteiger partial charge in [0.05, 0.1) is 11.9 Å². The van der Waals surface area contributed by atoms with Crippen molar-refractivity contribution in [3.63, 3.8) is 0 Å². The van der Waals surface area contributed by atoms with Gasteiger partial charge in [0.1, 0.15) is 0 Å². The van der Waals surface area contributed by atoms with E-state index >= 15 is 0 Å². The zero-order chi connectivity index (χ0) is 16.8. The molecule has 1 fully saturated rings. The summed E-state index contributed by atoms with van der Waals surface area (Å²) < 4.78 is 1.77. The average molecular weight is 345 g/mol. The highest BCUT2D eigenvalue weighted by Gasteiger charge is 2.11. The molecule has 1 aromatic heterocycles. The maximum Gasteiger partial charge on any atom is 0.319 e. The number of rotatable bonds is 5. The topological polar surface area (TPSA) is 62.2 Å². The summed E-state index contributed by atoms with van der Waals surface area (Å²) in [4.78, 5) is 14.3. The number of thioether (sulfide) groups is 1. The predicted molar refractivity (Wildman–Crippen MR) is 99.7 cm³/mol. The van der Waals surface area contributed by atoms with Crippen molar-refractivity contribution < 1.29 is 4.79 Å². The van der Waals surface area contributed by atoms with E-state index in [0.717, 1.165) is 25.2 Å². The van der Waals surface area contributed by atoms with Gasteiger partial charge < -0.3 is 15.5 Å². The van der Waals surface area contributed by atoms with Gasteiger partial charge in [-0.1, -0.05) is 12.1 Å². The highest BCUT2D eigenvalue weighted by molar-refractivity contribution is 7.99. The third-order valence-corrected chi connectivity index (χ3v) is 4.92. The molecule has 2 heterocycles. The Hall–Kier alpha value is -2.15. The lowest BCUT2D eigenvalue weighted by atomic mass is 10.2. The van der Waals surface area contributed by atoms with Crippen LogP contribution in [0, 0.1) is 0 Å². The highest BCUT2D eigenvalue weighted by Crippen LogP contribution is 2.19. The van der Waals surface area contributed by atoms with E-state index in [1.54, 1.807) is 10.9 Å². The first-order valence-electron chi connectivity index (χ1n) is 8.23. The van der Waals surface area contributed by atoms with Crippen molar-refractivity contribution in [2.45, 2.75) is 20.0 Å². The molecule has 128 valence electrons. The number of hydrogen-bond donors (Lipinski definition) is 2. The first kappa shape index (κ1) is 16.7. The predicted octanol–water partition coefficient (Wildman–Crippen LogP) is 2.78. The van der Waals surface area contributed by atoms with Gasteiger partial charge in [-0.05, 0) is 24.6 Å². The number of benzene rings is 1. The smallest absolute Gasteiger partial charge is 0.319 e. The lowest BCUT2D eigenvalue weighted by Gasteiger charge is -2.28. The summed E-state index contributed by atoms with van der Waals surface area (Å²) in [6, 6.07) is 8.20. The van der Waals surface area contributed by atoms with Crippen LogP contribution in [-0.2, 0) is 13.1 Å². The van der Waals surface area contributed by atoms with Crippen LogP contribution < -0.4 is 15.5 Å². The SMILES string of the molecule is CCn1cc(NC(=O)NCc2ccc(N3CCSCC3)cc2)cn1. The molecule has 1 aromatic carbocycles. The second kappa shape index (κ2) is 8.10. The van der Waals surface area contributed by atoms with Crippen molar-refractivity contribution in [1.29, 1.82) is 0 Å². The van der Waals surface area contributed by atoms with E-state index in [0.29, 0.717) is 12.2 Å². The van der Waals surface area contributed by atoms with Crippen LogP contribution in [0.2, 0.25) is 0 Å². The van der Waals surface area contributed by atoms with Gasteiger partial charge in [0, 0.05) is 49.6 Å². The maximum absolute atomic E-state index is 11.9. The van der Waals surface area contributed by atoms with Gasteiger partial charge in [-0.2, -0.15) is 16.9 Å². The molecule has 7 heteroatoms. The van der Waals surface area contributed by atoms with E-state index in [1.165, 1.54) is 17.2 Å². The fraction of sp³-hybridized carbons (Fsp3) is 0.412. The van der Waals surface area contributed by atoms with E-state index in [-0.39, 0.29) is 6.03 Å². The molecule has 1 aliphatic rings. The Bertz CT molecular complexity index is 664. The summed E-state index contributed by atoms with van der Waals surface area (Å²) in [5.41, 5.74) is 3.05. The third-order valence-electron chi connectivity index (χ3n) is 3.98. The minimum atomic E-state index is -0.220. The highest BCUT2D eigenvalue weighted by atomic mass is 32.2. The Balaban J connectivity index is 1.48. The number of nitrogens with one attached hydrogen (secondary N) is 2. The van der Waals surface area contributed by atoms with E-state index in [9.17, 15) is 4.79 Å². The van der Waals surface area contributed by atoms with Crippen LogP contribution in [0.4, 0.5) is 16.2 Å². The van der Waals surface area contributed by atoms with E-state index in [2.05, 4.69) is 44.9 Å². The quantitative estimate of drug-likeness (QED) is 0.875. The molecule has 2 N–H and O–H groups in total. The van der Waals surface area contributed by atoms with E-state index in [1.807, 2.05) is 24.9 Å². The molecule has 1 saturated heterocycles. The summed E-state index contributed by atoms with van der Waals surface area (Å²) in [7, 11) is 0. The number of nitrogens with zero attached hydrogens (tertiary/aromatic N) is 3. The maximum atomic E-state index is 11.9. The second-order valence-electron chi connectivity index (χ2n) is 5.66. The van der Waals surface area contributed by atoms with Gasteiger partial charge in [0.15, 0.2) is 0 Å². The zero-order valence-corrected chi connectivity index (χ0v) is 14.7. The van der Waals surface area contributed by atoms with Gasteiger partial charge in [-0.15, -0.1) is 0 Å². The standard InChI is InChI=1S/C17H23N5OS/c1-2-22-13-15(12-19-22)20-17(23)18-11-14-3-5-16(6-4-14)21-7-9-24-10-8-21/h3-6,12-13H,2,7-11H2,1H3,(H2,18,20,23). The Kier molecular flexibility index (Phi) is 5.63. The van der Waals surface area contributed by atoms with Crippen molar-refractivity contribution in [2.75, 3.05) is 34.8 Å². The summed E-state index contributed by atoms with van der Waals surface area (Å²) in [6.45, 7) is 5.50. The largest absolute Gasteiger partial charge is 0.370 e. The van der Waals surface area contributed by atoms with Crippen LogP contribution in [0.3, 0.4) is 0 Å². The van der Waals surface area contributed by atoms with Crippen LogP contribution in [0.1, 0.15) is 12.5 Å². The number of aryl methyl sites for hydroxylation is 1. The molecule has 1 aliphatic heterocycles. The lowest BCUT2D eigenvalue weighted by molar-refractivity contribution is 0.251. The number of hydrogen-bond acceptors (Lipinski definition) is 4.